The van der Waals surface area contributed by atoms with E-state index in [4.69, 9.17) is 5.26 Å². The number of aryl methyl sites for hydroxylation is 1. The standard InChI is InChI=1S/C17H17N3O/c1-13-3-2-4-16(11-13)20-17(21)12-19-15-7-5-14(6-8-15)9-10-18/h2-8,11,19H,9,12H2,1H3,(H,20,21). The molecule has 0 saturated heterocycles. The predicted octanol–water partition coefficient (Wildman–Crippen LogP) is 3.11. The summed E-state index contributed by atoms with van der Waals surface area (Å²) in [6.07, 6.45) is 0.397. The van der Waals surface area contributed by atoms with Crippen LogP contribution >= 0.6 is 0 Å². The van der Waals surface area contributed by atoms with Crippen molar-refractivity contribution in [1.82, 2.24) is 0 Å². The van der Waals surface area contributed by atoms with Crippen molar-refractivity contribution in [3.05, 3.63) is 59.7 Å². The smallest absolute Gasteiger partial charge is 0.243 e. The van der Waals surface area contributed by atoms with Crippen LogP contribution in [-0.4, -0.2) is 12.5 Å². The maximum atomic E-state index is 11.8. The molecule has 0 bridgehead atoms. The summed E-state index contributed by atoms with van der Waals surface area (Å²) in [6.45, 7) is 2.18. The van der Waals surface area contributed by atoms with Gasteiger partial charge in [0.25, 0.3) is 0 Å². The number of hydrogen-bond acceptors (Lipinski definition) is 3. The van der Waals surface area contributed by atoms with Crippen LogP contribution in [0, 0.1) is 18.3 Å². The second-order valence-corrected chi connectivity index (χ2v) is 4.80. The van der Waals surface area contributed by atoms with Gasteiger partial charge in [-0.25, -0.2) is 0 Å². The molecule has 106 valence electrons. The van der Waals surface area contributed by atoms with Crippen LogP contribution in [0.15, 0.2) is 48.5 Å². The van der Waals surface area contributed by atoms with Crippen molar-refractivity contribution in [3.63, 3.8) is 0 Å². The average Bonchev–Trinajstić information content (AvgIpc) is 2.47. The second-order valence-electron chi connectivity index (χ2n) is 4.80. The van der Waals surface area contributed by atoms with Gasteiger partial charge in [-0.1, -0.05) is 24.3 Å². The zero-order chi connectivity index (χ0) is 15.1. The van der Waals surface area contributed by atoms with Crippen LogP contribution in [0.3, 0.4) is 0 Å². The van der Waals surface area contributed by atoms with E-state index in [1.165, 1.54) is 0 Å². The molecular weight excluding hydrogens is 262 g/mol. The van der Waals surface area contributed by atoms with E-state index in [1.807, 2.05) is 55.5 Å². The SMILES string of the molecule is Cc1cccc(NC(=O)CNc2ccc(CC#N)cc2)c1. The molecule has 0 unspecified atom stereocenters. The monoisotopic (exact) mass is 279 g/mol. The number of nitrogens with one attached hydrogen (secondary N) is 2. The van der Waals surface area contributed by atoms with Crippen LogP contribution < -0.4 is 10.6 Å². The number of carbonyl (C=O) groups is 1. The van der Waals surface area contributed by atoms with E-state index in [1.54, 1.807) is 0 Å². The summed E-state index contributed by atoms with van der Waals surface area (Å²) in [4.78, 5) is 11.8. The molecule has 0 aliphatic heterocycles. The first-order valence-electron chi connectivity index (χ1n) is 6.73. The van der Waals surface area contributed by atoms with Crippen molar-refractivity contribution < 1.29 is 4.79 Å². The average molecular weight is 279 g/mol. The molecule has 4 heteroatoms. The van der Waals surface area contributed by atoms with Gasteiger partial charge in [0.1, 0.15) is 0 Å². The van der Waals surface area contributed by atoms with Gasteiger partial charge in [0.15, 0.2) is 0 Å². The van der Waals surface area contributed by atoms with Crippen molar-refractivity contribution in [3.8, 4) is 6.07 Å². The minimum atomic E-state index is -0.0956. The van der Waals surface area contributed by atoms with Crippen molar-refractivity contribution in [1.29, 1.82) is 5.26 Å². The van der Waals surface area contributed by atoms with E-state index in [2.05, 4.69) is 16.7 Å². The summed E-state index contributed by atoms with van der Waals surface area (Å²) in [5.74, 6) is -0.0956. The van der Waals surface area contributed by atoms with Crippen LogP contribution in [0.1, 0.15) is 11.1 Å². The fourth-order valence-electron chi connectivity index (χ4n) is 1.94. The molecule has 0 radical (unpaired) electrons. The van der Waals surface area contributed by atoms with E-state index in [0.717, 1.165) is 22.5 Å². The molecule has 0 saturated carbocycles. The molecule has 1 amide bonds. The number of rotatable bonds is 5. The zero-order valence-electron chi connectivity index (χ0n) is 11.9. The number of anilines is 2. The fourth-order valence-corrected chi connectivity index (χ4v) is 1.94. The maximum Gasteiger partial charge on any atom is 0.243 e. The third-order valence-electron chi connectivity index (χ3n) is 2.99. The molecule has 0 fully saturated rings. The lowest BCUT2D eigenvalue weighted by atomic mass is 10.1. The molecule has 2 aromatic rings. The summed E-state index contributed by atoms with van der Waals surface area (Å²) >= 11 is 0. The Kier molecular flexibility index (Phi) is 4.94. The molecule has 2 rings (SSSR count). The number of amides is 1. The third-order valence-corrected chi connectivity index (χ3v) is 2.99. The van der Waals surface area contributed by atoms with Gasteiger partial charge in [0.2, 0.25) is 5.91 Å². The van der Waals surface area contributed by atoms with Crippen LogP contribution in [0.25, 0.3) is 0 Å². The Morgan fingerprint density at radius 1 is 1.14 bits per heavy atom. The van der Waals surface area contributed by atoms with E-state index >= 15 is 0 Å². The van der Waals surface area contributed by atoms with Crippen LogP contribution in [-0.2, 0) is 11.2 Å². The van der Waals surface area contributed by atoms with E-state index in [9.17, 15) is 4.79 Å². The minimum Gasteiger partial charge on any atom is -0.376 e. The minimum absolute atomic E-state index is 0.0956. The highest BCUT2D eigenvalue weighted by atomic mass is 16.1. The second kappa shape index (κ2) is 7.11. The lowest BCUT2D eigenvalue weighted by molar-refractivity contribution is -0.114. The Balaban J connectivity index is 1.85. The van der Waals surface area contributed by atoms with Crippen LogP contribution in [0.5, 0.6) is 0 Å². The van der Waals surface area contributed by atoms with Gasteiger partial charge >= 0.3 is 0 Å². The Labute approximate surface area is 124 Å². The number of hydrogen-bond donors (Lipinski definition) is 2. The molecular formula is C17H17N3O. The molecule has 2 aromatic carbocycles. The first-order chi connectivity index (χ1) is 10.2. The van der Waals surface area contributed by atoms with Gasteiger partial charge in [0.05, 0.1) is 19.0 Å². The van der Waals surface area contributed by atoms with E-state index < -0.39 is 0 Å². The highest BCUT2D eigenvalue weighted by molar-refractivity contribution is 5.93. The summed E-state index contributed by atoms with van der Waals surface area (Å²) in [5.41, 5.74) is 3.73. The van der Waals surface area contributed by atoms with Gasteiger partial charge in [-0.3, -0.25) is 4.79 Å². The van der Waals surface area contributed by atoms with Gasteiger partial charge in [-0.2, -0.15) is 5.26 Å². The molecule has 0 aliphatic carbocycles. The molecule has 4 nitrogen and oxygen atoms in total. The summed E-state index contributed by atoms with van der Waals surface area (Å²) in [5, 5.41) is 14.5. The summed E-state index contributed by atoms with van der Waals surface area (Å²) in [6, 6.07) is 17.3. The highest BCUT2D eigenvalue weighted by Crippen LogP contribution is 2.11. The highest BCUT2D eigenvalue weighted by Gasteiger charge is 2.02. The quantitative estimate of drug-likeness (QED) is 0.883. The molecule has 0 aliphatic rings. The topological polar surface area (TPSA) is 64.9 Å². The van der Waals surface area contributed by atoms with Crippen LogP contribution in [0.2, 0.25) is 0 Å². The van der Waals surface area contributed by atoms with Crippen molar-refractivity contribution >= 4 is 17.3 Å². The van der Waals surface area contributed by atoms with E-state index in [0.29, 0.717) is 6.42 Å². The lowest BCUT2D eigenvalue weighted by Gasteiger charge is -2.08. The number of carbonyl (C=O) groups excluding carboxylic acids is 1. The summed E-state index contributed by atoms with van der Waals surface area (Å²) < 4.78 is 0. The summed E-state index contributed by atoms with van der Waals surface area (Å²) in [7, 11) is 0. The predicted molar refractivity (Wildman–Crippen MR) is 84.1 cm³/mol. The van der Waals surface area contributed by atoms with Gasteiger partial charge in [-0.05, 0) is 42.3 Å². The van der Waals surface area contributed by atoms with Gasteiger partial charge in [0, 0.05) is 11.4 Å². The molecule has 0 spiro atoms. The van der Waals surface area contributed by atoms with E-state index in [-0.39, 0.29) is 12.5 Å². The Morgan fingerprint density at radius 3 is 2.57 bits per heavy atom. The molecule has 0 atom stereocenters. The Bertz CT molecular complexity index is 656. The first-order valence-corrected chi connectivity index (χ1v) is 6.73. The van der Waals surface area contributed by atoms with Crippen molar-refractivity contribution in [2.75, 3.05) is 17.2 Å². The van der Waals surface area contributed by atoms with Gasteiger partial charge in [-0.15, -0.1) is 0 Å². The van der Waals surface area contributed by atoms with Crippen LogP contribution in [0.4, 0.5) is 11.4 Å². The Morgan fingerprint density at radius 2 is 1.90 bits per heavy atom. The largest absolute Gasteiger partial charge is 0.376 e. The van der Waals surface area contributed by atoms with Crippen molar-refractivity contribution in [2.45, 2.75) is 13.3 Å². The lowest BCUT2D eigenvalue weighted by Crippen LogP contribution is -2.21. The third kappa shape index (κ3) is 4.66. The zero-order valence-corrected chi connectivity index (χ0v) is 11.9. The van der Waals surface area contributed by atoms with Gasteiger partial charge < -0.3 is 10.6 Å². The number of nitriles is 1. The maximum absolute atomic E-state index is 11.8. The molecule has 0 heterocycles. The Hall–Kier alpha value is -2.80. The fraction of sp³-hybridized carbons (Fsp3) is 0.176. The number of nitrogens with zero attached hydrogens (tertiary/aromatic N) is 1. The first kappa shape index (κ1) is 14.6. The molecule has 2 N–H and O–H groups in total. The number of benzene rings is 2. The normalized spacial score (nSPS) is 9.71. The molecule has 0 aromatic heterocycles. The van der Waals surface area contributed by atoms with Crippen molar-refractivity contribution in [2.24, 2.45) is 0 Å². The molecule has 21 heavy (non-hydrogen) atoms.